The van der Waals surface area contributed by atoms with Crippen molar-refractivity contribution in [3.8, 4) is 0 Å². The minimum atomic E-state index is -0.792. The first-order chi connectivity index (χ1) is 8.02. The van der Waals surface area contributed by atoms with Gasteiger partial charge in [0.25, 0.3) is 0 Å². The van der Waals surface area contributed by atoms with Crippen LogP contribution in [0.25, 0.3) is 0 Å². The van der Waals surface area contributed by atoms with Crippen molar-refractivity contribution >= 4 is 5.97 Å². The highest BCUT2D eigenvalue weighted by Gasteiger charge is 2.28. The normalized spacial score (nSPS) is 23.0. The highest BCUT2D eigenvalue weighted by atomic mass is 16.4. The SMILES string of the molecule is CC(O)C(CCC1CCCCC1)C(C)C(=O)O. The lowest BCUT2D eigenvalue weighted by atomic mass is 9.80. The molecule has 0 aromatic carbocycles. The van der Waals surface area contributed by atoms with Gasteiger partial charge in [-0.1, -0.05) is 45.4 Å². The van der Waals surface area contributed by atoms with Crippen molar-refractivity contribution in [2.75, 3.05) is 0 Å². The summed E-state index contributed by atoms with van der Waals surface area (Å²) in [6.45, 7) is 3.42. The van der Waals surface area contributed by atoms with Gasteiger partial charge in [-0.3, -0.25) is 4.79 Å². The third-order valence-electron chi connectivity index (χ3n) is 4.28. The number of aliphatic carboxylic acids is 1. The number of rotatable bonds is 6. The van der Waals surface area contributed by atoms with Crippen LogP contribution in [0.2, 0.25) is 0 Å². The molecule has 0 heterocycles. The summed E-state index contributed by atoms with van der Waals surface area (Å²) in [5, 5.41) is 18.7. The molecule has 1 aliphatic rings. The van der Waals surface area contributed by atoms with Crippen molar-refractivity contribution in [1.29, 1.82) is 0 Å². The van der Waals surface area contributed by atoms with Crippen LogP contribution in [-0.2, 0) is 4.79 Å². The Morgan fingerprint density at radius 1 is 1.24 bits per heavy atom. The van der Waals surface area contributed by atoms with E-state index >= 15 is 0 Å². The van der Waals surface area contributed by atoms with Gasteiger partial charge in [0.1, 0.15) is 0 Å². The minimum absolute atomic E-state index is 0.102. The van der Waals surface area contributed by atoms with Crippen LogP contribution in [0.3, 0.4) is 0 Å². The fourth-order valence-corrected chi connectivity index (χ4v) is 3.00. The maximum atomic E-state index is 11.0. The first-order valence-corrected chi connectivity index (χ1v) is 6.93. The topological polar surface area (TPSA) is 57.5 Å². The van der Waals surface area contributed by atoms with Crippen LogP contribution in [0.1, 0.15) is 58.8 Å². The maximum absolute atomic E-state index is 11.0. The molecule has 2 N–H and O–H groups in total. The molecule has 0 aromatic rings. The summed E-state index contributed by atoms with van der Waals surface area (Å²) in [5.41, 5.74) is 0. The second-order valence-electron chi connectivity index (χ2n) is 5.61. The molecule has 0 spiro atoms. The van der Waals surface area contributed by atoms with Crippen LogP contribution in [0.4, 0.5) is 0 Å². The average Bonchev–Trinajstić information content (AvgIpc) is 2.29. The highest BCUT2D eigenvalue weighted by Crippen LogP contribution is 2.31. The van der Waals surface area contributed by atoms with Crippen molar-refractivity contribution in [3.05, 3.63) is 0 Å². The van der Waals surface area contributed by atoms with Crippen molar-refractivity contribution < 1.29 is 15.0 Å². The molecule has 3 atom stereocenters. The first-order valence-electron chi connectivity index (χ1n) is 6.93. The Bertz CT molecular complexity index is 232. The number of aliphatic hydroxyl groups is 1. The fraction of sp³-hybridized carbons (Fsp3) is 0.929. The van der Waals surface area contributed by atoms with Crippen LogP contribution in [-0.4, -0.2) is 22.3 Å². The van der Waals surface area contributed by atoms with Crippen molar-refractivity contribution in [1.82, 2.24) is 0 Å². The lowest BCUT2D eigenvalue weighted by Gasteiger charge is -2.27. The third-order valence-corrected chi connectivity index (χ3v) is 4.28. The quantitative estimate of drug-likeness (QED) is 0.752. The zero-order valence-corrected chi connectivity index (χ0v) is 11.1. The molecule has 0 saturated heterocycles. The Balaban J connectivity index is 2.40. The lowest BCUT2D eigenvalue weighted by Crippen LogP contribution is -2.30. The molecule has 0 amide bonds. The van der Waals surface area contributed by atoms with Gasteiger partial charge >= 0.3 is 5.97 Å². The van der Waals surface area contributed by atoms with E-state index in [0.29, 0.717) is 0 Å². The van der Waals surface area contributed by atoms with E-state index in [4.69, 9.17) is 5.11 Å². The maximum Gasteiger partial charge on any atom is 0.306 e. The predicted octanol–water partition coefficient (Wildman–Crippen LogP) is 3.06. The largest absolute Gasteiger partial charge is 0.481 e. The molecule has 0 aromatic heterocycles. The molecule has 0 radical (unpaired) electrons. The molecule has 1 fully saturated rings. The highest BCUT2D eigenvalue weighted by molar-refractivity contribution is 5.69. The van der Waals surface area contributed by atoms with Crippen molar-refractivity contribution in [3.63, 3.8) is 0 Å². The molecule has 0 aliphatic heterocycles. The Morgan fingerprint density at radius 3 is 2.29 bits per heavy atom. The zero-order valence-electron chi connectivity index (χ0n) is 11.1. The summed E-state index contributed by atoms with van der Waals surface area (Å²) in [6, 6.07) is 0. The Kier molecular flexibility index (Phi) is 5.96. The van der Waals surface area contributed by atoms with Gasteiger partial charge in [-0.15, -0.1) is 0 Å². The number of carboxylic acid groups (broad SMARTS) is 1. The number of carbonyl (C=O) groups is 1. The van der Waals surface area contributed by atoms with E-state index in [1.165, 1.54) is 32.1 Å². The summed E-state index contributed by atoms with van der Waals surface area (Å²) in [6.07, 6.45) is 7.95. The van der Waals surface area contributed by atoms with Gasteiger partial charge in [0.15, 0.2) is 0 Å². The van der Waals surface area contributed by atoms with Gasteiger partial charge < -0.3 is 10.2 Å². The predicted molar refractivity (Wildman–Crippen MR) is 67.8 cm³/mol. The summed E-state index contributed by atoms with van der Waals surface area (Å²) in [7, 11) is 0. The summed E-state index contributed by atoms with van der Waals surface area (Å²) in [5.74, 6) is -0.585. The van der Waals surface area contributed by atoms with Crippen molar-refractivity contribution in [2.24, 2.45) is 17.8 Å². The summed E-state index contributed by atoms with van der Waals surface area (Å²) >= 11 is 0. The van der Waals surface area contributed by atoms with E-state index in [9.17, 15) is 9.90 Å². The number of carboxylic acids is 1. The van der Waals surface area contributed by atoms with Gasteiger partial charge in [-0.25, -0.2) is 0 Å². The van der Waals surface area contributed by atoms with E-state index in [0.717, 1.165) is 18.8 Å². The fourth-order valence-electron chi connectivity index (χ4n) is 3.00. The molecule has 3 heteroatoms. The van der Waals surface area contributed by atoms with E-state index < -0.39 is 18.0 Å². The van der Waals surface area contributed by atoms with E-state index in [1.807, 2.05) is 0 Å². The molecular formula is C14H26O3. The van der Waals surface area contributed by atoms with Crippen LogP contribution in [0.15, 0.2) is 0 Å². The standard InChI is InChI=1S/C14H26O3/c1-10(14(16)17)13(11(2)15)9-8-12-6-4-3-5-7-12/h10-13,15H,3-9H2,1-2H3,(H,16,17). The van der Waals surface area contributed by atoms with E-state index in [2.05, 4.69) is 0 Å². The molecule has 100 valence electrons. The Morgan fingerprint density at radius 2 is 1.82 bits per heavy atom. The third kappa shape index (κ3) is 4.66. The minimum Gasteiger partial charge on any atom is -0.481 e. The summed E-state index contributed by atoms with van der Waals surface area (Å²) in [4.78, 5) is 11.0. The van der Waals surface area contributed by atoms with Gasteiger partial charge in [0.2, 0.25) is 0 Å². The van der Waals surface area contributed by atoms with Gasteiger partial charge in [0, 0.05) is 0 Å². The van der Waals surface area contributed by atoms with Gasteiger partial charge in [0.05, 0.1) is 12.0 Å². The lowest BCUT2D eigenvalue weighted by molar-refractivity contribution is -0.144. The van der Waals surface area contributed by atoms with Crippen LogP contribution in [0.5, 0.6) is 0 Å². The second-order valence-corrected chi connectivity index (χ2v) is 5.61. The van der Waals surface area contributed by atoms with Crippen LogP contribution in [0, 0.1) is 17.8 Å². The summed E-state index contributed by atoms with van der Waals surface area (Å²) < 4.78 is 0. The van der Waals surface area contributed by atoms with Crippen LogP contribution < -0.4 is 0 Å². The van der Waals surface area contributed by atoms with E-state index in [-0.39, 0.29) is 5.92 Å². The molecule has 0 bridgehead atoms. The Hall–Kier alpha value is -0.570. The number of hydrogen-bond acceptors (Lipinski definition) is 2. The molecule has 3 nitrogen and oxygen atoms in total. The average molecular weight is 242 g/mol. The smallest absolute Gasteiger partial charge is 0.306 e. The van der Waals surface area contributed by atoms with Crippen molar-refractivity contribution in [2.45, 2.75) is 64.9 Å². The van der Waals surface area contributed by atoms with E-state index in [1.54, 1.807) is 13.8 Å². The first kappa shape index (κ1) is 14.5. The van der Waals surface area contributed by atoms with Crippen LogP contribution >= 0.6 is 0 Å². The monoisotopic (exact) mass is 242 g/mol. The molecule has 1 saturated carbocycles. The number of hydrogen-bond donors (Lipinski definition) is 2. The zero-order chi connectivity index (χ0) is 12.8. The molecular weight excluding hydrogens is 216 g/mol. The molecule has 17 heavy (non-hydrogen) atoms. The van der Waals surface area contributed by atoms with Gasteiger partial charge in [-0.2, -0.15) is 0 Å². The number of aliphatic hydroxyl groups excluding tert-OH is 1. The van der Waals surface area contributed by atoms with Gasteiger partial charge in [-0.05, 0) is 25.2 Å². The molecule has 1 rings (SSSR count). The molecule has 1 aliphatic carbocycles. The molecule has 3 unspecified atom stereocenters. The Labute approximate surface area is 104 Å². The second kappa shape index (κ2) is 7.00.